The molecular formula is C17H25NO2. The number of carbonyl (C=O) groups is 1. The van der Waals surface area contributed by atoms with E-state index in [1.807, 2.05) is 18.2 Å². The molecular weight excluding hydrogens is 250 g/mol. The van der Waals surface area contributed by atoms with Gasteiger partial charge >= 0.3 is 0 Å². The highest BCUT2D eigenvalue weighted by Gasteiger charge is 2.42. The van der Waals surface area contributed by atoms with Crippen LogP contribution in [0.25, 0.3) is 0 Å². The molecule has 0 bridgehead atoms. The minimum absolute atomic E-state index is 0.00751. The second-order valence-electron chi connectivity index (χ2n) is 6.42. The van der Waals surface area contributed by atoms with Crippen LogP contribution in [0.2, 0.25) is 0 Å². The van der Waals surface area contributed by atoms with Gasteiger partial charge in [-0.1, -0.05) is 44.2 Å². The maximum absolute atomic E-state index is 12.4. The second kappa shape index (κ2) is 6.40. The molecule has 1 saturated carbocycles. The molecule has 1 aliphatic carbocycles. The number of rotatable bonds is 7. The summed E-state index contributed by atoms with van der Waals surface area (Å²) < 4.78 is 0. The van der Waals surface area contributed by atoms with Crippen LogP contribution < -0.4 is 5.32 Å². The van der Waals surface area contributed by atoms with E-state index in [0.29, 0.717) is 12.5 Å². The first-order valence-electron chi connectivity index (χ1n) is 7.49. The topological polar surface area (TPSA) is 49.3 Å². The van der Waals surface area contributed by atoms with Crippen molar-refractivity contribution in [1.29, 1.82) is 0 Å². The van der Waals surface area contributed by atoms with Gasteiger partial charge in [0.15, 0.2) is 0 Å². The molecule has 1 atom stereocenters. The van der Waals surface area contributed by atoms with E-state index in [1.165, 1.54) is 5.56 Å². The lowest BCUT2D eigenvalue weighted by atomic mass is 9.88. The first-order valence-corrected chi connectivity index (χ1v) is 7.49. The predicted octanol–water partition coefficient (Wildman–Crippen LogP) is 2.39. The van der Waals surface area contributed by atoms with E-state index >= 15 is 0 Å². The van der Waals surface area contributed by atoms with Gasteiger partial charge in [0.25, 0.3) is 0 Å². The monoisotopic (exact) mass is 275 g/mol. The minimum atomic E-state index is -0.0239. The molecule has 0 saturated heterocycles. The van der Waals surface area contributed by atoms with Gasteiger partial charge < -0.3 is 10.4 Å². The standard InChI is InChI=1S/C17H25NO2/c1-13(2)15(10-14-6-4-3-5-7-14)16(20)18-11-17(12-19)8-9-17/h3-7,13,15,19H,8-12H2,1-2H3,(H,18,20). The van der Waals surface area contributed by atoms with Crippen molar-refractivity contribution >= 4 is 5.91 Å². The lowest BCUT2D eigenvalue weighted by Gasteiger charge is -2.22. The van der Waals surface area contributed by atoms with Gasteiger partial charge in [0, 0.05) is 17.9 Å². The number of aliphatic hydroxyl groups excluding tert-OH is 1. The van der Waals surface area contributed by atoms with Crippen molar-refractivity contribution in [3.63, 3.8) is 0 Å². The largest absolute Gasteiger partial charge is 0.396 e. The van der Waals surface area contributed by atoms with Crippen LogP contribution >= 0.6 is 0 Å². The van der Waals surface area contributed by atoms with E-state index in [9.17, 15) is 9.90 Å². The van der Waals surface area contributed by atoms with Gasteiger partial charge in [0.05, 0.1) is 6.61 Å². The Morgan fingerprint density at radius 2 is 1.95 bits per heavy atom. The molecule has 3 heteroatoms. The summed E-state index contributed by atoms with van der Waals surface area (Å²) in [5, 5.41) is 12.3. The molecule has 0 aliphatic heterocycles. The Morgan fingerprint density at radius 3 is 2.45 bits per heavy atom. The summed E-state index contributed by atoms with van der Waals surface area (Å²) in [5.74, 6) is 0.412. The van der Waals surface area contributed by atoms with E-state index in [-0.39, 0.29) is 23.8 Å². The average Bonchev–Trinajstić information content (AvgIpc) is 3.24. The highest BCUT2D eigenvalue weighted by Crippen LogP contribution is 2.44. The summed E-state index contributed by atoms with van der Waals surface area (Å²) in [6.45, 7) is 4.97. The Bertz CT molecular complexity index is 438. The Labute approximate surface area is 121 Å². The fraction of sp³-hybridized carbons (Fsp3) is 0.588. The van der Waals surface area contributed by atoms with E-state index in [1.54, 1.807) is 0 Å². The lowest BCUT2D eigenvalue weighted by Crippen LogP contribution is -2.38. The number of carbonyl (C=O) groups excluding carboxylic acids is 1. The average molecular weight is 275 g/mol. The van der Waals surface area contributed by atoms with Gasteiger partial charge in [-0.3, -0.25) is 4.79 Å². The van der Waals surface area contributed by atoms with Gasteiger partial charge in [-0.2, -0.15) is 0 Å². The fourth-order valence-corrected chi connectivity index (χ4v) is 2.47. The van der Waals surface area contributed by atoms with E-state index in [2.05, 4.69) is 31.3 Å². The predicted molar refractivity (Wildman–Crippen MR) is 80.2 cm³/mol. The van der Waals surface area contributed by atoms with Gasteiger partial charge in [0.2, 0.25) is 5.91 Å². The summed E-state index contributed by atoms with van der Waals surface area (Å²) in [5.41, 5.74) is 1.17. The molecule has 0 spiro atoms. The van der Waals surface area contributed by atoms with Crippen LogP contribution in [-0.4, -0.2) is 24.2 Å². The first-order chi connectivity index (χ1) is 9.56. The molecule has 2 N–H and O–H groups in total. The molecule has 1 aromatic rings. The molecule has 1 aromatic carbocycles. The summed E-state index contributed by atoms with van der Waals surface area (Å²) in [4.78, 5) is 12.4. The Balaban J connectivity index is 1.92. The van der Waals surface area contributed by atoms with Crippen LogP contribution in [0, 0.1) is 17.3 Å². The van der Waals surface area contributed by atoms with Crippen molar-refractivity contribution in [2.75, 3.05) is 13.2 Å². The Kier molecular flexibility index (Phi) is 4.81. The highest BCUT2D eigenvalue weighted by atomic mass is 16.3. The van der Waals surface area contributed by atoms with Crippen LogP contribution in [-0.2, 0) is 11.2 Å². The summed E-state index contributed by atoms with van der Waals surface area (Å²) >= 11 is 0. The molecule has 1 unspecified atom stereocenters. The normalized spacial score (nSPS) is 17.8. The van der Waals surface area contributed by atoms with Crippen LogP contribution in [0.4, 0.5) is 0 Å². The third kappa shape index (κ3) is 3.83. The number of hydrogen-bond acceptors (Lipinski definition) is 2. The third-order valence-corrected chi connectivity index (χ3v) is 4.37. The number of amides is 1. The SMILES string of the molecule is CC(C)C(Cc1ccccc1)C(=O)NCC1(CO)CC1. The molecule has 0 heterocycles. The van der Waals surface area contributed by atoms with Crippen molar-refractivity contribution in [2.24, 2.45) is 17.3 Å². The number of hydrogen-bond donors (Lipinski definition) is 2. The quantitative estimate of drug-likeness (QED) is 0.802. The fourth-order valence-electron chi connectivity index (χ4n) is 2.47. The summed E-state index contributed by atoms with van der Waals surface area (Å²) in [6.07, 6.45) is 2.82. The van der Waals surface area contributed by atoms with Crippen LogP contribution in [0.15, 0.2) is 30.3 Å². The van der Waals surface area contributed by atoms with Crippen molar-refractivity contribution in [2.45, 2.75) is 33.1 Å². The zero-order chi connectivity index (χ0) is 14.6. The molecule has 0 aromatic heterocycles. The van der Waals surface area contributed by atoms with E-state index < -0.39 is 0 Å². The van der Waals surface area contributed by atoms with Gasteiger partial charge in [-0.15, -0.1) is 0 Å². The molecule has 2 rings (SSSR count). The summed E-state index contributed by atoms with van der Waals surface area (Å²) in [7, 11) is 0. The first kappa shape index (κ1) is 15.0. The van der Waals surface area contributed by atoms with Gasteiger partial charge in [-0.25, -0.2) is 0 Å². The third-order valence-electron chi connectivity index (χ3n) is 4.37. The van der Waals surface area contributed by atoms with Gasteiger partial charge in [0.1, 0.15) is 0 Å². The molecule has 0 radical (unpaired) electrons. The van der Waals surface area contributed by atoms with Crippen molar-refractivity contribution in [3.05, 3.63) is 35.9 Å². The smallest absolute Gasteiger partial charge is 0.223 e. The van der Waals surface area contributed by atoms with E-state index in [4.69, 9.17) is 0 Å². The molecule has 1 fully saturated rings. The van der Waals surface area contributed by atoms with Crippen molar-refractivity contribution < 1.29 is 9.90 Å². The maximum atomic E-state index is 12.4. The van der Waals surface area contributed by atoms with Crippen molar-refractivity contribution in [3.8, 4) is 0 Å². The zero-order valence-corrected chi connectivity index (χ0v) is 12.4. The van der Waals surface area contributed by atoms with E-state index in [0.717, 1.165) is 19.3 Å². The van der Waals surface area contributed by atoms with Crippen LogP contribution in [0.3, 0.4) is 0 Å². The molecule has 110 valence electrons. The Hall–Kier alpha value is -1.35. The van der Waals surface area contributed by atoms with Crippen LogP contribution in [0.1, 0.15) is 32.3 Å². The Morgan fingerprint density at radius 1 is 1.30 bits per heavy atom. The number of benzene rings is 1. The number of aliphatic hydroxyl groups is 1. The zero-order valence-electron chi connectivity index (χ0n) is 12.4. The molecule has 20 heavy (non-hydrogen) atoms. The number of nitrogens with one attached hydrogen (secondary N) is 1. The second-order valence-corrected chi connectivity index (χ2v) is 6.42. The maximum Gasteiger partial charge on any atom is 0.223 e. The molecule has 1 amide bonds. The minimum Gasteiger partial charge on any atom is -0.396 e. The molecule has 3 nitrogen and oxygen atoms in total. The van der Waals surface area contributed by atoms with Crippen molar-refractivity contribution in [1.82, 2.24) is 5.32 Å². The van der Waals surface area contributed by atoms with Gasteiger partial charge in [-0.05, 0) is 30.7 Å². The lowest BCUT2D eigenvalue weighted by molar-refractivity contribution is -0.126. The molecule has 1 aliphatic rings. The van der Waals surface area contributed by atoms with Crippen LogP contribution in [0.5, 0.6) is 0 Å². The summed E-state index contributed by atoms with van der Waals surface area (Å²) in [6, 6.07) is 10.1. The highest BCUT2D eigenvalue weighted by molar-refractivity contribution is 5.79.